The predicted octanol–water partition coefficient (Wildman–Crippen LogP) is 3.95. The fraction of sp³-hybridized carbons (Fsp3) is 0.704. The molecule has 6 heteroatoms. The van der Waals surface area contributed by atoms with Gasteiger partial charge in [-0.3, -0.25) is 4.79 Å². The molecule has 184 valence electrons. The molecule has 0 saturated heterocycles. The quantitative estimate of drug-likeness (QED) is 0.272. The maximum atomic E-state index is 12.3. The van der Waals surface area contributed by atoms with Gasteiger partial charge < -0.3 is 19.7 Å². The van der Waals surface area contributed by atoms with Crippen molar-refractivity contribution in [2.75, 3.05) is 6.61 Å². The van der Waals surface area contributed by atoms with Gasteiger partial charge in [-0.15, -0.1) is 11.8 Å². The first-order chi connectivity index (χ1) is 17.9. The molecule has 7 atom stereocenters. The minimum atomic E-state index is -2.68. The first-order valence-electron chi connectivity index (χ1n) is 14.5. The Hall–Kier alpha value is -2.10. The molecular formula is C27H40O6. The van der Waals surface area contributed by atoms with E-state index in [1.54, 1.807) is 19.9 Å². The molecule has 2 aliphatic rings. The Morgan fingerprint density at radius 3 is 2.79 bits per heavy atom. The van der Waals surface area contributed by atoms with E-state index in [-0.39, 0.29) is 24.4 Å². The van der Waals surface area contributed by atoms with Gasteiger partial charge in [-0.05, 0) is 70.6 Å². The number of hydrogen-bond acceptors (Lipinski definition) is 6. The van der Waals surface area contributed by atoms with Crippen LogP contribution in [0.3, 0.4) is 0 Å². The summed E-state index contributed by atoms with van der Waals surface area (Å²) in [6.45, 7) is 6.01. The second-order valence-electron chi connectivity index (χ2n) is 8.56. The van der Waals surface area contributed by atoms with Crippen LogP contribution in [0.15, 0.2) is 23.8 Å². The van der Waals surface area contributed by atoms with Crippen LogP contribution in [0.5, 0.6) is 0 Å². The zero-order valence-corrected chi connectivity index (χ0v) is 19.8. The molecule has 2 saturated carbocycles. The van der Waals surface area contributed by atoms with Gasteiger partial charge in [0.05, 0.1) is 18.8 Å². The Balaban J connectivity index is 2.07. The lowest BCUT2D eigenvalue weighted by Gasteiger charge is -2.19. The largest absolute Gasteiger partial charge is 0.463 e. The molecule has 0 aromatic rings. The van der Waals surface area contributed by atoms with E-state index in [0.717, 1.165) is 5.57 Å². The lowest BCUT2D eigenvalue weighted by molar-refractivity contribution is -0.166. The lowest BCUT2D eigenvalue weighted by atomic mass is 9.89. The molecule has 33 heavy (non-hydrogen) atoms. The lowest BCUT2D eigenvalue weighted by Crippen LogP contribution is -2.26. The van der Waals surface area contributed by atoms with Crippen molar-refractivity contribution in [3.63, 3.8) is 0 Å². The van der Waals surface area contributed by atoms with Gasteiger partial charge in [0.2, 0.25) is 0 Å². The number of fused-ring (bicyclic) bond motifs is 1. The first kappa shape index (κ1) is 19.2. The van der Waals surface area contributed by atoms with Crippen LogP contribution in [0.25, 0.3) is 0 Å². The van der Waals surface area contributed by atoms with Crippen molar-refractivity contribution in [3.05, 3.63) is 23.8 Å². The van der Waals surface area contributed by atoms with Gasteiger partial charge in [-0.2, -0.15) is 0 Å². The van der Waals surface area contributed by atoms with Crippen LogP contribution in [-0.2, 0) is 19.1 Å². The number of carbonyl (C=O) groups is 2. The van der Waals surface area contributed by atoms with Crippen molar-refractivity contribution >= 4 is 11.9 Å². The van der Waals surface area contributed by atoms with Gasteiger partial charge in [-0.1, -0.05) is 30.7 Å². The van der Waals surface area contributed by atoms with Crippen molar-refractivity contribution in [1.29, 1.82) is 0 Å². The molecule has 0 radical (unpaired) electrons. The number of ether oxygens (including phenoxy) is 2. The van der Waals surface area contributed by atoms with Gasteiger partial charge in [0.1, 0.15) is 0 Å². The second kappa shape index (κ2) is 13.6. The molecule has 2 aliphatic carbocycles. The number of esters is 2. The van der Waals surface area contributed by atoms with E-state index in [2.05, 4.69) is 11.8 Å². The summed E-state index contributed by atoms with van der Waals surface area (Å²) < 4.78 is 58.4. The van der Waals surface area contributed by atoms with Crippen LogP contribution >= 0.6 is 0 Å². The summed E-state index contributed by atoms with van der Waals surface area (Å²) in [5, 5.41) is 21.1. The van der Waals surface area contributed by atoms with E-state index in [4.69, 9.17) is 17.7 Å². The van der Waals surface area contributed by atoms with Gasteiger partial charge in [0.15, 0.2) is 6.10 Å². The minimum Gasteiger partial charge on any atom is -0.463 e. The summed E-state index contributed by atoms with van der Waals surface area (Å²) in [6, 6.07) is 0. The van der Waals surface area contributed by atoms with E-state index in [9.17, 15) is 19.8 Å². The van der Waals surface area contributed by atoms with Crippen molar-refractivity contribution < 1.29 is 37.5 Å². The number of allylic oxidation sites excluding steroid dienone is 2. The average Bonchev–Trinajstić information content (AvgIpc) is 3.31. The van der Waals surface area contributed by atoms with Crippen molar-refractivity contribution in [3.8, 4) is 11.8 Å². The average molecular weight is 467 g/mol. The van der Waals surface area contributed by atoms with Gasteiger partial charge >= 0.3 is 11.9 Å². The highest BCUT2D eigenvalue weighted by Gasteiger charge is 2.45. The topological polar surface area (TPSA) is 93.1 Å². The zero-order valence-electron chi connectivity index (χ0n) is 25.8. The predicted molar refractivity (Wildman–Crippen MR) is 127 cm³/mol. The fourth-order valence-corrected chi connectivity index (χ4v) is 4.40. The number of hydrogen-bond donors (Lipinski definition) is 2. The highest BCUT2D eigenvalue weighted by molar-refractivity contribution is 5.78. The monoisotopic (exact) mass is 466 g/mol. The zero-order chi connectivity index (χ0) is 29.8. The molecule has 2 fully saturated rings. The van der Waals surface area contributed by atoms with E-state index >= 15 is 0 Å². The fourth-order valence-electron chi connectivity index (χ4n) is 4.40. The van der Waals surface area contributed by atoms with Crippen LogP contribution < -0.4 is 0 Å². The summed E-state index contributed by atoms with van der Waals surface area (Å²) in [5.74, 6) is 1.82. The molecule has 0 spiro atoms. The van der Waals surface area contributed by atoms with E-state index in [1.165, 1.54) is 26.0 Å². The molecule has 2 N–H and O–H groups in total. The van der Waals surface area contributed by atoms with Crippen LogP contribution in [-0.4, -0.2) is 47.1 Å². The Bertz CT molecular complexity index is 1010. The summed E-state index contributed by atoms with van der Waals surface area (Å²) in [5.41, 5.74) is 0.757. The van der Waals surface area contributed by atoms with E-state index < -0.39 is 61.7 Å². The first-order valence-corrected chi connectivity index (χ1v) is 11.5. The van der Waals surface area contributed by atoms with Crippen LogP contribution in [0.2, 0.25) is 0 Å². The molecule has 1 unspecified atom stereocenters. The third-order valence-corrected chi connectivity index (χ3v) is 6.12. The Kier molecular flexibility index (Phi) is 7.91. The van der Waals surface area contributed by atoms with E-state index in [0.29, 0.717) is 19.3 Å². The number of rotatable bonds is 11. The molecule has 0 aliphatic heterocycles. The molecule has 0 aromatic heterocycles. The molecule has 0 amide bonds. The summed E-state index contributed by atoms with van der Waals surface area (Å²) in [4.78, 5) is 24.0. The van der Waals surface area contributed by atoms with Crippen molar-refractivity contribution in [2.45, 2.75) is 90.8 Å². The van der Waals surface area contributed by atoms with E-state index in [1.807, 2.05) is 0 Å². The Morgan fingerprint density at radius 2 is 2.09 bits per heavy atom. The molecule has 0 heterocycles. The van der Waals surface area contributed by atoms with Crippen LogP contribution in [0.1, 0.15) is 80.7 Å². The number of carbonyl (C=O) groups excluding carboxylic acids is 2. The Morgan fingerprint density at radius 1 is 1.33 bits per heavy atom. The normalized spacial score (nSPS) is 32.1. The molecule has 0 bridgehead atoms. The Labute approximate surface area is 206 Å². The number of aliphatic hydroxyl groups excluding tert-OH is 2. The third kappa shape index (κ3) is 8.32. The maximum Gasteiger partial charge on any atom is 0.347 e. The summed E-state index contributed by atoms with van der Waals surface area (Å²) in [7, 11) is 0. The highest BCUT2D eigenvalue weighted by atomic mass is 16.6. The van der Waals surface area contributed by atoms with Crippen LogP contribution in [0.4, 0.5) is 0 Å². The molecule has 2 rings (SSSR count). The van der Waals surface area contributed by atoms with Gasteiger partial charge in [0.25, 0.3) is 0 Å². The minimum absolute atomic E-state index is 0.0137. The third-order valence-electron chi connectivity index (χ3n) is 6.12. The van der Waals surface area contributed by atoms with Gasteiger partial charge in [-0.25, -0.2) is 4.79 Å². The summed E-state index contributed by atoms with van der Waals surface area (Å²) in [6.07, 6.45) is -4.57. The molecule has 0 aromatic carbocycles. The molecule has 6 nitrogen and oxygen atoms in total. The second-order valence-corrected chi connectivity index (χ2v) is 8.56. The van der Waals surface area contributed by atoms with Gasteiger partial charge in [0, 0.05) is 26.9 Å². The van der Waals surface area contributed by atoms with Crippen molar-refractivity contribution in [2.24, 2.45) is 23.7 Å². The SMILES string of the molecule is [2H]C([2H])(/C=C1\C[C@H]2C[C@@H](O)[C@H](/C=C/[C@@H](O)C(C)C([2H])([2H])C#CC)[C@H]2C1)CC([2H])([2H])C(=O)O[C@@H](C)C(=O)OCC. The standard InChI is InChI=1S/C27H40O6/c1-5-7-10-18(3)24(28)14-13-22-23-16-20(15-21(23)17-25(22)29)11-8-9-12-26(30)33-19(4)27(31)32-6-2/h11,13-14,18-19,21-25,28-29H,6,8-10,12,15-17H2,1-4H3/b14-13+,20-11+/t18?,19-,21-,22+,23-,24+,25+/m0/s1/i8D2,10D2,12D2. The van der Waals surface area contributed by atoms with Crippen molar-refractivity contribution in [1.82, 2.24) is 0 Å². The highest BCUT2D eigenvalue weighted by Crippen LogP contribution is 2.50. The smallest absolute Gasteiger partial charge is 0.347 e. The maximum absolute atomic E-state index is 12.3. The summed E-state index contributed by atoms with van der Waals surface area (Å²) >= 11 is 0. The molecular weight excluding hydrogens is 420 g/mol. The van der Waals surface area contributed by atoms with Crippen LogP contribution in [0, 0.1) is 35.5 Å². The number of aliphatic hydroxyl groups is 2.